The first kappa shape index (κ1) is 14.0. The van der Waals surface area contributed by atoms with E-state index in [1.165, 1.54) is 12.1 Å². The molecule has 0 spiro atoms. The molecule has 2 aromatic rings. The smallest absolute Gasteiger partial charge is 0.282 e. The zero-order valence-electron chi connectivity index (χ0n) is 10.2. The van der Waals surface area contributed by atoms with Gasteiger partial charge in [-0.25, -0.2) is 8.78 Å². The number of aliphatic hydroxyl groups excluding tert-OH is 1. The van der Waals surface area contributed by atoms with Gasteiger partial charge >= 0.3 is 0 Å². The van der Waals surface area contributed by atoms with Crippen molar-refractivity contribution < 1.29 is 13.9 Å². The Kier molecular flexibility index (Phi) is 4.56. The van der Waals surface area contributed by atoms with Gasteiger partial charge in [-0.15, -0.1) is 11.8 Å². The standard InChI is InChI=1S/C15H14F2OS/c16-15(17,13-6-2-1-3-7-13)11-19-14-8-4-5-12(9-14)10-18/h1-9,18H,10-11H2. The van der Waals surface area contributed by atoms with Crippen molar-refractivity contribution >= 4 is 11.8 Å². The highest BCUT2D eigenvalue weighted by Gasteiger charge is 2.31. The summed E-state index contributed by atoms with van der Waals surface area (Å²) in [6.07, 6.45) is 0. The van der Waals surface area contributed by atoms with Gasteiger partial charge in [0.25, 0.3) is 5.92 Å². The third-order valence-corrected chi connectivity index (χ3v) is 3.79. The van der Waals surface area contributed by atoms with Crippen LogP contribution < -0.4 is 0 Å². The number of thioether (sulfide) groups is 1. The van der Waals surface area contributed by atoms with Gasteiger partial charge in [0.05, 0.1) is 12.4 Å². The Morgan fingerprint density at radius 2 is 1.74 bits per heavy atom. The molecule has 0 fully saturated rings. The summed E-state index contributed by atoms with van der Waals surface area (Å²) in [6, 6.07) is 14.8. The van der Waals surface area contributed by atoms with Crippen LogP contribution in [0.2, 0.25) is 0 Å². The molecule has 0 amide bonds. The molecule has 0 saturated heterocycles. The number of hydrogen-bond donors (Lipinski definition) is 1. The minimum absolute atomic E-state index is 0.0285. The van der Waals surface area contributed by atoms with E-state index in [1.807, 2.05) is 0 Å². The zero-order valence-corrected chi connectivity index (χ0v) is 11.0. The van der Waals surface area contributed by atoms with E-state index in [0.717, 1.165) is 22.2 Å². The van der Waals surface area contributed by atoms with Crippen LogP contribution in [0.25, 0.3) is 0 Å². The van der Waals surface area contributed by atoms with Gasteiger partial charge in [0.1, 0.15) is 0 Å². The number of alkyl halides is 2. The molecular formula is C15H14F2OS. The first-order chi connectivity index (χ1) is 9.12. The van der Waals surface area contributed by atoms with Gasteiger partial charge in [0.2, 0.25) is 0 Å². The number of aliphatic hydroxyl groups is 1. The van der Waals surface area contributed by atoms with Gasteiger partial charge in [-0.1, -0.05) is 42.5 Å². The van der Waals surface area contributed by atoms with Crippen molar-refractivity contribution in [3.05, 3.63) is 65.7 Å². The predicted octanol–water partition coefficient (Wildman–Crippen LogP) is 4.06. The summed E-state index contributed by atoms with van der Waals surface area (Å²) in [5.41, 5.74) is 0.758. The average molecular weight is 280 g/mol. The molecule has 0 bridgehead atoms. The average Bonchev–Trinajstić information content (AvgIpc) is 2.46. The normalized spacial score (nSPS) is 11.5. The topological polar surface area (TPSA) is 20.2 Å². The lowest BCUT2D eigenvalue weighted by Crippen LogP contribution is -2.16. The van der Waals surface area contributed by atoms with E-state index in [9.17, 15) is 8.78 Å². The van der Waals surface area contributed by atoms with Crippen LogP contribution in [0.1, 0.15) is 11.1 Å². The maximum atomic E-state index is 14.0. The minimum atomic E-state index is -2.86. The van der Waals surface area contributed by atoms with E-state index >= 15 is 0 Å². The highest BCUT2D eigenvalue weighted by Crippen LogP contribution is 2.34. The molecule has 19 heavy (non-hydrogen) atoms. The lowest BCUT2D eigenvalue weighted by molar-refractivity contribution is 0.0232. The van der Waals surface area contributed by atoms with Crippen LogP contribution in [0.5, 0.6) is 0 Å². The monoisotopic (exact) mass is 280 g/mol. The van der Waals surface area contributed by atoms with E-state index in [2.05, 4.69) is 0 Å². The number of benzene rings is 2. The molecule has 0 atom stereocenters. The van der Waals surface area contributed by atoms with Crippen LogP contribution in [-0.2, 0) is 12.5 Å². The molecule has 4 heteroatoms. The fraction of sp³-hybridized carbons (Fsp3) is 0.200. The molecule has 0 unspecified atom stereocenters. The summed E-state index contributed by atoms with van der Waals surface area (Å²) < 4.78 is 27.9. The molecule has 0 aromatic heterocycles. The number of halogens is 2. The van der Waals surface area contributed by atoms with Crippen LogP contribution in [0, 0.1) is 0 Å². The van der Waals surface area contributed by atoms with Crippen LogP contribution in [-0.4, -0.2) is 10.9 Å². The fourth-order valence-electron chi connectivity index (χ4n) is 1.67. The zero-order chi connectivity index (χ0) is 13.7. The van der Waals surface area contributed by atoms with Crippen molar-refractivity contribution in [3.8, 4) is 0 Å². The molecule has 2 aromatic carbocycles. The Labute approximate surface area is 115 Å². The van der Waals surface area contributed by atoms with Crippen molar-refractivity contribution in [2.24, 2.45) is 0 Å². The summed E-state index contributed by atoms with van der Waals surface area (Å²) in [6.45, 7) is -0.0799. The van der Waals surface area contributed by atoms with Crippen molar-refractivity contribution in [3.63, 3.8) is 0 Å². The summed E-state index contributed by atoms with van der Waals surface area (Å²) in [5.74, 6) is -3.17. The summed E-state index contributed by atoms with van der Waals surface area (Å²) in [5, 5.41) is 9.01. The molecule has 0 radical (unpaired) electrons. The highest BCUT2D eigenvalue weighted by atomic mass is 32.2. The van der Waals surface area contributed by atoms with Gasteiger partial charge in [0.15, 0.2) is 0 Å². The Bertz CT molecular complexity index is 529. The van der Waals surface area contributed by atoms with Crippen LogP contribution in [0.15, 0.2) is 59.5 Å². The van der Waals surface area contributed by atoms with Crippen LogP contribution in [0.4, 0.5) is 8.78 Å². The number of rotatable bonds is 5. The second kappa shape index (κ2) is 6.17. The molecule has 0 heterocycles. The van der Waals surface area contributed by atoms with Crippen LogP contribution >= 0.6 is 11.8 Å². The summed E-state index contributed by atoms with van der Waals surface area (Å²) >= 11 is 1.09. The number of hydrogen-bond acceptors (Lipinski definition) is 2. The molecule has 100 valence electrons. The molecule has 0 aliphatic carbocycles. The van der Waals surface area contributed by atoms with E-state index in [1.54, 1.807) is 42.5 Å². The molecular weight excluding hydrogens is 266 g/mol. The second-order valence-corrected chi connectivity index (χ2v) is 5.21. The Morgan fingerprint density at radius 3 is 2.42 bits per heavy atom. The highest BCUT2D eigenvalue weighted by molar-refractivity contribution is 7.99. The van der Waals surface area contributed by atoms with Gasteiger partial charge < -0.3 is 5.11 Å². The Morgan fingerprint density at radius 1 is 1.00 bits per heavy atom. The third-order valence-electron chi connectivity index (χ3n) is 2.70. The molecule has 0 saturated carbocycles. The van der Waals surface area contributed by atoms with E-state index in [-0.39, 0.29) is 17.9 Å². The first-order valence-electron chi connectivity index (χ1n) is 5.88. The van der Waals surface area contributed by atoms with E-state index < -0.39 is 5.92 Å². The summed E-state index contributed by atoms with van der Waals surface area (Å²) in [7, 11) is 0. The largest absolute Gasteiger partial charge is 0.392 e. The van der Waals surface area contributed by atoms with Crippen molar-refractivity contribution in [1.82, 2.24) is 0 Å². The van der Waals surface area contributed by atoms with Gasteiger partial charge in [-0.05, 0) is 17.7 Å². The third kappa shape index (κ3) is 3.78. The van der Waals surface area contributed by atoms with E-state index in [0.29, 0.717) is 0 Å². The van der Waals surface area contributed by atoms with Crippen LogP contribution in [0.3, 0.4) is 0 Å². The molecule has 2 rings (SSSR count). The second-order valence-electron chi connectivity index (χ2n) is 4.16. The predicted molar refractivity (Wildman–Crippen MR) is 73.4 cm³/mol. The van der Waals surface area contributed by atoms with Crippen molar-refractivity contribution in [2.75, 3.05) is 5.75 Å². The Balaban J connectivity index is 2.05. The quantitative estimate of drug-likeness (QED) is 0.833. The SMILES string of the molecule is OCc1cccc(SCC(F)(F)c2ccccc2)c1. The maximum absolute atomic E-state index is 14.0. The molecule has 0 aliphatic rings. The molecule has 0 aliphatic heterocycles. The van der Waals surface area contributed by atoms with Crippen molar-refractivity contribution in [2.45, 2.75) is 17.4 Å². The lowest BCUT2D eigenvalue weighted by Gasteiger charge is -2.16. The molecule has 1 N–H and O–H groups in total. The minimum Gasteiger partial charge on any atom is -0.392 e. The van der Waals surface area contributed by atoms with Gasteiger partial charge in [-0.2, -0.15) is 0 Å². The maximum Gasteiger partial charge on any atom is 0.282 e. The van der Waals surface area contributed by atoms with Crippen molar-refractivity contribution in [1.29, 1.82) is 0 Å². The Hall–Kier alpha value is -1.39. The van der Waals surface area contributed by atoms with Gasteiger partial charge in [-0.3, -0.25) is 0 Å². The molecule has 1 nitrogen and oxygen atoms in total. The fourth-order valence-corrected chi connectivity index (χ4v) is 2.60. The van der Waals surface area contributed by atoms with Gasteiger partial charge in [0, 0.05) is 10.5 Å². The van der Waals surface area contributed by atoms with E-state index in [4.69, 9.17) is 5.11 Å². The summed E-state index contributed by atoms with van der Waals surface area (Å²) in [4.78, 5) is 0.738. The lowest BCUT2D eigenvalue weighted by atomic mass is 10.1. The first-order valence-corrected chi connectivity index (χ1v) is 6.86.